The summed E-state index contributed by atoms with van der Waals surface area (Å²) < 4.78 is 17.1. The second kappa shape index (κ2) is 10.9. The first-order valence-electron chi connectivity index (χ1n) is 12.1. The van der Waals surface area contributed by atoms with E-state index in [1.54, 1.807) is 20.3 Å². The van der Waals surface area contributed by atoms with E-state index in [2.05, 4.69) is 41.2 Å². The van der Waals surface area contributed by atoms with Crippen molar-refractivity contribution in [2.24, 2.45) is 4.99 Å². The van der Waals surface area contributed by atoms with Crippen LogP contribution in [0.15, 0.2) is 29.3 Å². The minimum absolute atomic E-state index is 0.572. The lowest BCUT2D eigenvalue weighted by atomic mass is 9.99. The van der Waals surface area contributed by atoms with Gasteiger partial charge in [0.25, 0.3) is 0 Å². The van der Waals surface area contributed by atoms with E-state index in [-0.39, 0.29) is 0 Å². The number of carbonyl (C=O) groups is 1. The zero-order chi connectivity index (χ0) is 24.1. The molecular weight excluding hydrogens is 430 g/mol. The van der Waals surface area contributed by atoms with E-state index in [1.807, 2.05) is 6.07 Å². The molecule has 4 rings (SSSR count). The summed E-state index contributed by atoms with van der Waals surface area (Å²) in [6.45, 7) is 8.48. The van der Waals surface area contributed by atoms with Gasteiger partial charge in [-0.15, -0.1) is 0 Å². The van der Waals surface area contributed by atoms with Crippen LogP contribution in [0.25, 0.3) is 0 Å². The zero-order valence-electron chi connectivity index (χ0n) is 20.6. The number of aryl methyl sites for hydroxylation is 2. The van der Waals surface area contributed by atoms with E-state index in [0.29, 0.717) is 29.5 Å². The molecular formula is C27H35N3O4. The maximum Gasteiger partial charge on any atom is 0.149 e. The van der Waals surface area contributed by atoms with Crippen LogP contribution in [0.2, 0.25) is 0 Å². The van der Waals surface area contributed by atoms with Crippen LogP contribution < -0.4 is 19.5 Å². The van der Waals surface area contributed by atoms with Gasteiger partial charge in [-0.2, -0.15) is 0 Å². The number of nitrogens with one attached hydrogen (secondary N) is 1. The van der Waals surface area contributed by atoms with Gasteiger partial charge in [0.05, 0.1) is 26.5 Å². The molecule has 0 saturated carbocycles. The van der Waals surface area contributed by atoms with Gasteiger partial charge in [-0.25, -0.2) is 0 Å². The summed E-state index contributed by atoms with van der Waals surface area (Å²) in [6.07, 6.45) is 5.72. The summed E-state index contributed by atoms with van der Waals surface area (Å²) in [6, 6.07) is 7.09. The maximum absolute atomic E-state index is 11.9. The van der Waals surface area contributed by atoms with Gasteiger partial charge in [-0.3, -0.25) is 4.99 Å². The molecule has 0 aliphatic carbocycles. The van der Waals surface area contributed by atoms with Crippen LogP contribution in [0.3, 0.4) is 0 Å². The molecule has 1 unspecified atom stereocenters. The number of aliphatic imine (C=N–C) groups is 1. The number of hydrogen-bond donors (Lipinski definition) is 1. The van der Waals surface area contributed by atoms with Crippen molar-refractivity contribution in [1.82, 2.24) is 4.90 Å². The van der Waals surface area contributed by atoms with Crippen molar-refractivity contribution < 1.29 is 19.0 Å². The fourth-order valence-corrected chi connectivity index (χ4v) is 4.84. The molecule has 7 heteroatoms. The average Bonchev–Trinajstić information content (AvgIpc) is 3.37. The molecule has 34 heavy (non-hydrogen) atoms. The van der Waals surface area contributed by atoms with Crippen LogP contribution in [0.4, 0.5) is 5.69 Å². The Balaban J connectivity index is 1.48. The minimum Gasteiger partial charge on any atom is -0.497 e. The van der Waals surface area contributed by atoms with Crippen LogP contribution >= 0.6 is 0 Å². The first-order valence-corrected chi connectivity index (χ1v) is 12.1. The van der Waals surface area contributed by atoms with Crippen molar-refractivity contribution in [2.75, 3.05) is 45.8 Å². The van der Waals surface area contributed by atoms with E-state index in [4.69, 9.17) is 14.2 Å². The Morgan fingerprint density at radius 3 is 2.44 bits per heavy atom. The highest BCUT2D eigenvalue weighted by Crippen LogP contribution is 2.40. The lowest BCUT2D eigenvalue weighted by Crippen LogP contribution is -2.23. The standard InChI is InChI=1S/C27H35N3O4/c1-18-13-20(14-19(2)26(18)34-12-8-7-11-30-9-5-6-10-30)27-28-22-15-21(32-3)16-24(33-4)25(22)23(17-31)29-27/h13-17,23H,5-12H2,1-4H3,(H,28,29). The van der Waals surface area contributed by atoms with Gasteiger partial charge < -0.3 is 29.2 Å². The SMILES string of the molecule is COc1cc2c(c(OC)c1)C(C=O)N=C(c1cc(C)c(OCCCCN3CCCC3)c(C)c1)N2. The lowest BCUT2D eigenvalue weighted by Gasteiger charge is -2.25. The number of anilines is 1. The Hall–Kier alpha value is -3.06. The molecule has 2 aromatic carbocycles. The van der Waals surface area contributed by atoms with E-state index in [0.717, 1.165) is 47.3 Å². The van der Waals surface area contributed by atoms with Crippen LogP contribution in [0, 0.1) is 13.8 Å². The Morgan fingerprint density at radius 1 is 1.06 bits per heavy atom. The second-order valence-electron chi connectivity index (χ2n) is 9.02. The van der Waals surface area contributed by atoms with Crippen molar-refractivity contribution in [1.29, 1.82) is 0 Å². The highest BCUT2D eigenvalue weighted by Gasteiger charge is 2.27. The summed E-state index contributed by atoms with van der Waals surface area (Å²) in [4.78, 5) is 19.1. The summed E-state index contributed by atoms with van der Waals surface area (Å²) in [5.74, 6) is 2.79. The number of carbonyl (C=O) groups excluding carboxylic acids is 1. The van der Waals surface area contributed by atoms with Crippen LogP contribution in [0.5, 0.6) is 17.2 Å². The quantitative estimate of drug-likeness (QED) is 0.406. The molecule has 2 heterocycles. The molecule has 0 bridgehead atoms. The van der Waals surface area contributed by atoms with Gasteiger partial charge in [0.15, 0.2) is 0 Å². The van der Waals surface area contributed by atoms with Crippen molar-refractivity contribution in [3.8, 4) is 17.2 Å². The van der Waals surface area contributed by atoms with E-state index < -0.39 is 6.04 Å². The van der Waals surface area contributed by atoms with Gasteiger partial charge >= 0.3 is 0 Å². The number of hydrogen-bond acceptors (Lipinski definition) is 7. The average molecular weight is 466 g/mol. The highest BCUT2D eigenvalue weighted by atomic mass is 16.5. The molecule has 2 aromatic rings. The molecule has 1 atom stereocenters. The Labute approximate surface area is 202 Å². The van der Waals surface area contributed by atoms with Crippen LogP contribution in [-0.4, -0.2) is 57.5 Å². The van der Waals surface area contributed by atoms with E-state index in [1.165, 1.54) is 32.5 Å². The van der Waals surface area contributed by atoms with Gasteiger partial charge in [0.1, 0.15) is 35.4 Å². The summed E-state index contributed by atoms with van der Waals surface area (Å²) in [5.41, 5.74) is 4.48. The molecule has 0 radical (unpaired) electrons. The largest absolute Gasteiger partial charge is 0.497 e. The number of fused-ring (bicyclic) bond motifs is 1. The fourth-order valence-electron chi connectivity index (χ4n) is 4.84. The number of methoxy groups -OCH3 is 2. The fraction of sp³-hybridized carbons (Fsp3) is 0.481. The first kappa shape index (κ1) is 24.1. The van der Waals surface area contributed by atoms with Crippen LogP contribution in [-0.2, 0) is 4.79 Å². The van der Waals surface area contributed by atoms with Gasteiger partial charge in [0.2, 0.25) is 0 Å². The number of aldehydes is 1. The number of unbranched alkanes of at least 4 members (excludes halogenated alkanes) is 1. The number of benzene rings is 2. The molecule has 2 aliphatic rings. The van der Waals surface area contributed by atoms with Gasteiger partial charge in [-0.1, -0.05) is 0 Å². The summed E-state index contributed by atoms with van der Waals surface area (Å²) in [5, 5.41) is 3.37. The monoisotopic (exact) mass is 465 g/mol. The molecule has 0 spiro atoms. The molecule has 0 amide bonds. The first-order chi connectivity index (χ1) is 16.5. The predicted octanol–water partition coefficient (Wildman–Crippen LogP) is 4.69. The summed E-state index contributed by atoms with van der Waals surface area (Å²) >= 11 is 0. The lowest BCUT2D eigenvalue weighted by molar-refractivity contribution is -0.108. The Kier molecular flexibility index (Phi) is 7.73. The van der Waals surface area contributed by atoms with Crippen molar-refractivity contribution in [2.45, 2.75) is 45.6 Å². The maximum atomic E-state index is 11.9. The molecule has 1 fully saturated rings. The molecule has 7 nitrogen and oxygen atoms in total. The number of nitrogens with zero attached hydrogens (tertiary/aromatic N) is 2. The Bertz CT molecular complexity index is 1040. The third-order valence-corrected chi connectivity index (χ3v) is 6.56. The van der Waals surface area contributed by atoms with E-state index in [9.17, 15) is 4.79 Å². The zero-order valence-corrected chi connectivity index (χ0v) is 20.6. The number of ether oxygens (including phenoxy) is 3. The van der Waals surface area contributed by atoms with Gasteiger partial charge in [0, 0.05) is 23.3 Å². The smallest absolute Gasteiger partial charge is 0.149 e. The highest BCUT2D eigenvalue weighted by molar-refractivity contribution is 6.11. The number of rotatable bonds is 10. The normalized spacial score (nSPS) is 17.5. The van der Waals surface area contributed by atoms with Crippen molar-refractivity contribution in [3.63, 3.8) is 0 Å². The molecule has 182 valence electrons. The Morgan fingerprint density at radius 2 is 1.79 bits per heavy atom. The molecule has 1 saturated heterocycles. The minimum atomic E-state index is -0.653. The molecule has 1 N–H and O–H groups in total. The predicted molar refractivity (Wildman–Crippen MR) is 135 cm³/mol. The van der Waals surface area contributed by atoms with Crippen LogP contribution in [0.1, 0.15) is 54.0 Å². The molecule has 0 aromatic heterocycles. The number of amidine groups is 1. The molecule has 2 aliphatic heterocycles. The number of likely N-dealkylation sites (tertiary alicyclic amines) is 1. The van der Waals surface area contributed by atoms with Gasteiger partial charge in [-0.05, 0) is 82.4 Å². The van der Waals surface area contributed by atoms with E-state index >= 15 is 0 Å². The third kappa shape index (κ3) is 5.20. The third-order valence-electron chi connectivity index (χ3n) is 6.56. The van der Waals surface area contributed by atoms with Crippen molar-refractivity contribution >= 4 is 17.8 Å². The topological polar surface area (TPSA) is 72.4 Å². The van der Waals surface area contributed by atoms with Crippen molar-refractivity contribution in [3.05, 3.63) is 46.5 Å². The summed E-state index contributed by atoms with van der Waals surface area (Å²) in [7, 11) is 3.18. The second-order valence-corrected chi connectivity index (χ2v) is 9.02.